The van der Waals surface area contributed by atoms with Gasteiger partial charge in [-0.05, 0) is 118 Å². The predicted molar refractivity (Wildman–Crippen MR) is 353 cm³/mol. The van der Waals surface area contributed by atoms with Crippen molar-refractivity contribution in [1.29, 1.82) is 5.26 Å². The molecule has 0 saturated carbocycles. The highest BCUT2D eigenvalue weighted by Crippen LogP contribution is 2.42. The second-order valence-corrected chi connectivity index (χ2v) is 23.0. The Morgan fingerprint density at radius 1 is 0.747 bits per heavy atom. The van der Waals surface area contributed by atoms with Crippen LogP contribution in [0.25, 0.3) is 65.5 Å². The quantitative estimate of drug-likeness (QED) is 0.0445. The second-order valence-electron chi connectivity index (χ2n) is 21.2. The van der Waals surface area contributed by atoms with Gasteiger partial charge in [0.15, 0.2) is 17.7 Å². The summed E-state index contributed by atoms with van der Waals surface area (Å²) in [5.74, 6) is -2.81. The van der Waals surface area contributed by atoms with Crippen molar-refractivity contribution >= 4 is 57.1 Å². The molecule has 8 heterocycles. The molecule has 95 heavy (non-hydrogen) atoms. The molecule has 1 fully saturated rings. The number of carbonyl (C=O) groups excluding carboxylic acids is 3. The van der Waals surface area contributed by atoms with E-state index >= 15 is 0 Å². The first-order valence-electron chi connectivity index (χ1n) is 29.5. The molecular weight excluding hydrogens is 1250 g/mol. The molecule has 12 rings (SSSR count). The van der Waals surface area contributed by atoms with Gasteiger partial charge in [-0.25, -0.2) is 29.5 Å². The number of aliphatic carboxylic acids is 1. The number of pyridine rings is 3. The normalized spacial score (nSPS) is 12.2. The van der Waals surface area contributed by atoms with Gasteiger partial charge in [-0.2, -0.15) is 16.6 Å². The number of piperidine rings is 1. The number of para-hydroxylation sites is 1. The lowest BCUT2D eigenvalue weighted by atomic mass is 9.95. The van der Waals surface area contributed by atoms with E-state index in [1.807, 2.05) is 82.4 Å². The van der Waals surface area contributed by atoms with E-state index in [9.17, 15) is 29.5 Å². The van der Waals surface area contributed by atoms with Crippen LogP contribution in [-0.4, -0.2) is 75.6 Å². The molecule has 1 aliphatic heterocycles. The molecule has 0 bridgehead atoms. The SMILES string of the molecule is COC(=O)c1ccc(COc2nc(-c3ccsc3)cc(-c3ccoc3)c2C#[N+]c2cnc(-c3cc(-c4ccco4)c(C#[N+]NC(=O)COc4nc(-c5ccccc5OCc5ccccc5)cc(N5CCC(C(N)=O)CC5)c4C#N)c(OC(C(=O)O)c4ccccc4)n3)s2)cc1. The first-order chi connectivity index (χ1) is 46.5. The lowest BCUT2D eigenvalue weighted by molar-refractivity contribution is -0.145. The first kappa shape index (κ1) is 62.7. The van der Waals surface area contributed by atoms with Crippen molar-refractivity contribution in [3.05, 3.63) is 236 Å². The Morgan fingerprint density at radius 2 is 1.46 bits per heavy atom. The minimum atomic E-state index is -1.61. The number of hydrogen-bond donors (Lipinski definition) is 3. The Kier molecular flexibility index (Phi) is 19.3. The molecular formula is C71H54N10O12S2+2. The number of nitrogens with zero attached hydrogens (tertiary/aromatic N) is 8. The Hall–Kier alpha value is -12.4. The summed E-state index contributed by atoms with van der Waals surface area (Å²) in [5.41, 5.74) is 15.6. The molecule has 4 aromatic carbocycles. The summed E-state index contributed by atoms with van der Waals surface area (Å²) < 4.78 is 41.6. The number of carboxylic acids is 1. The standard InChI is InChI=1S/C71H52N10O12S2/c1-87-71(86)47-20-18-44(19-21-47)39-91-67-54(51(48-24-29-88-40-48)31-56(77-67)49-25-30-94-42-49)35-74-63-37-75-69(95-63)58-32-52(61-17-10-28-89-61)55(68(79-58)93-64(70(84)85)45-13-6-3-7-14-45)36-76-80-62(82)41-92-66-53(34-72)59(81-26-22-46(23-27-81)65(73)83)33-57(78-66)50-15-8-9-16-60(50)90-38-43-11-4-2-5-12-43/h2-21,24-25,28-33,37,40,42,46,64H,22-23,26-27,38-39,41H2,1H3,(H2-2,73,75,80,82,83,84,85)/p+2. The van der Waals surface area contributed by atoms with E-state index < -0.39 is 36.5 Å². The number of esters is 1. The fraction of sp³-hybridized carbons (Fsp3) is 0.141. The maximum Gasteiger partial charge on any atom is 0.416 e. The number of amides is 2. The maximum absolute atomic E-state index is 13.9. The molecule has 24 heteroatoms. The summed E-state index contributed by atoms with van der Waals surface area (Å²) in [6, 6.07) is 52.6. The van der Waals surface area contributed by atoms with Crippen LogP contribution in [0.15, 0.2) is 196 Å². The summed E-state index contributed by atoms with van der Waals surface area (Å²) in [7, 11) is 1.32. The minimum absolute atomic E-state index is 0.0219. The highest BCUT2D eigenvalue weighted by Gasteiger charge is 2.32. The lowest BCUT2D eigenvalue weighted by Crippen LogP contribution is -2.39. The second kappa shape index (κ2) is 29.2. The van der Waals surface area contributed by atoms with Gasteiger partial charge in [0.2, 0.25) is 29.7 Å². The summed E-state index contributed by atoms with van der Waals surface area (Å²) in [4.78, 5) is 81.6. The Morgan fingerprint density at radius 3 is 2.18 bits per heavy atom. The number of methoxy groups -OCH3 is 1. The maximum atomic E-state index is 13.9. The molecule has 2 amide bonds. The van der Waals surface area contributed by atoms with Gasteiger partial charge in [0.25, 0.3) is 0 Å². The fourth-order valence-electron chi connectivity index (χ4n) is 10.3. The zero-order chi connectivity index (χ0) is 65.6. The molecule has 1 saturated heterocycles. The summed E-state index contributed by atoms with van der Waals surface area (Å²) in [6.07, 6.45) is 5.39. The number of nitrogens with one attached hydrogen (secondary N) is 1. The number of ether oxygens (including phenoxy) is 5. The molecule has 1 unspecified atom stereocenters. The molecule has 4 N–H and O–H groups in total. The van der Waals surface area contributed by atoms with Gasteiger partial charge in [-0.3, -0.25) is 9.59 Å². The van der Waals surface area contributed by atoms with Crippen molar-refractivity contribution in [2.24, 2.45) is 11.7 Å². The molecule has 1 aliphatic rings. The Balaban J connectivity index is 0.869. The number of aromatic nitrogens is 4. The third kappa shape index (κ3) is 14.8. The van der Waals surface area contributed by atoms with Gasteiger partial charge in [-0.1, -0.05) is 84.9 Å². The van der Waals surface area contributed by atoms with Gasteiger partial charge >= 0.3 is 35.0 Å². The number of primary amides is 1. The molecule has 11 aromatic rings. The van der Waals surface area contributed by atoms with E-state index in [4.69, 9.17) is 63.0 Å². The third-order valence-corrected chi connectivity index (χ3v) is 16.7. The van der Waals surface area contributed by atoms with Crippen LogP contribution >= 0.6 is 22.7 Å². The van der Waals surface area contributed by atoms with Crippen molar-refractivity contribution in [3.63, 3.8) is 0 Å². The number of carbonyl (C=O) groups is 4. The van der Waals surface area contributed by atoms with Crippen LogP contribution in [0.5, 0.6) is 23.4 Å². The van der Waals surface area contributed by atoms with Crippen LogP contribution in [0.1, 0.15) is 62.7 Å². The van der Waals surface area contributed by atoms with E-state index in [1.165, 1.54) is 30.9 Å². The third-order valence-electron chi connectivity index (χ3n) is 15.1. The number of thiazole rings is 1. The number of thiophene rings is 1. The molecule has 0 spiro atoms. The fourth-order valence-corrected chi connectivity index (χ4v) is 11.7. The van der Waals surface area contributed by atoms with E-state index in [2.05, 4.69) is 28.6 Å². The van der Waals surface area contributed by atoms with Crippen molar-refractivity contribution in [1.82, 2.24) is 25.4 Å². The Labute approximate surface area is 550 Å². The topological polar surface area (TPSA) is 286 Å². The smallest absolute Gasteiger partial charge is 0.416 e. The number of carboxylic acid groups (broad SMARTS) is 1. The summed E-state index contributed by atoms with van der Waals surface area (Å²) in [6.45, 7) is 0.435. The molecule has 0 aliphatic carbocycles. The van der Waals surface area contributed by atoms with Gasteiger partial charge in [0.05, 0.1) is 53.5 Å². The van der Waals surface area contributed by atoms with Crippen molar-refractivity contribution in [2.75, 3.05) is 31.7 Å². The number of furan rings is 2. The average Bonchev–Trinajstić information content (AvgIpc) is 1.71. The lowest BCUT2D eigenvalue weighted by Gasteiger charge is -2.33. The van der Waals surface area contributed by atoms with Gasteiger partial charge in [0.1, 0.15) is 53.3 Å². The minimum Gasteiger partial charge on any atom is -0.488 e. The van der Waals surface area contributed by atoms with Crippen molar-refractivity contribution in [2.45, 2.75) is 32.2 Å². The average molecular weight is 1300 g/mol. The summed E-state index contributed by atoms with van der Waals surface area (Å²) in [5, 5.41) is 26.0. The van der Waals surface area contributed by atoms with Crippen LogP contribution in [0.3, 0.4) is 0 Å². The molecule has 1 atom stereocenters. The highest BCUT2D eigenvalue weighted by molar-refractivity contribution is 7.19. The van der Waals surface area contributed by atoms with E-state index in [-0.39, 0.29) is 70.5 Å². The zero-order valence-electron chi connectivity index (χ0n) is 50.4. The van der Waals surface area contributed by atoms with E-state index in [0.717, 1.165) is 28.0 Å². The molecule has 470 valence electrons. The van der Waals surface area contributed by atoms with Crippen LogP contribution in [0.2, 0.25) is 0 Å². The first-order valence-corrected chi connectivity index (χ1v) is 31.2. The molecule has 22 nitrogen and oxygen atoms in total. The van der Waals surface area contributed by atoms with Crippen LogP contribution in [0.4, 0.5) is 10.7 Å². The zero-order valence-corrected chi connectivity index (χ0v) is 52.0. The largest absolute Gasteiger partial charge is 0.488 e. The van der Waals surface area contributed by atoms with Crippen molar-refractivity contribution in [3.8, 4) is 97.3 Å². The van der Waals surface area contributed by atoms with Crippen LogP contribution in [-0.2, 0) is 32.3 Å². The molecule has 7 aromatic heterocycles. The number of rotatable bonds is 21. The number of benzene rings is 4. The monoisotopic (exact) mass is 1300 g/mol. The number of anilines is 1. The van der Waals surface area contributed by atoms with Crippen molar-refractivity contribution < 1.29 is 56.8 Å². The van der Waals surface area contributed by atoms with Gasteiger partial charge < -0.3 is 48.3 Å². The highest BCUT2D eigenvalue weighted by atomic mass is 32.1. The van der Waals surface area contributed by atoms with Crippen LogP contribution < -0.4 is 35.0 Å². The Bertz CT molecular complexity index is 4760. The summed E-state index contributed by atoms with van der Waals surface area (Å²) >= 11 is 2.64. The molecule has 0 radical (unpaired) electrons. The van der Waals surface area contributed by atoms with E-state index in [1.54, 1.807) is 97.5 Å². The van der Waals surface area contributed by atoms with Crippen LogP contribution in [0, 0.1) is 29.4 Å². The number of hydrogen-bond acceptors (Lipinski definition) is 19. The predicted octanol–water partition coefficient (Wildman–Crippen LogP) is 13.4. The van der Waals surface area contributed by atoms with Gasteiger partial charge in [0, 0.05) is 57.8 Å². The number of nitriles is 1. The number of nitrogens with two attached hydrogens (primary N) is 1. The van der Waals surface area contributed by atoms with Gasteiger partial charge in [-0.15, -0.1) is 0 Å². The van der Waals surface area contributed by atoms with E-state index in [0.29, 0.717) is 86.6 Å².